The summed E-state index contributed by atoms with van der Waals surface area (Å²) in [7, 11) is 0.438. The Bertz CT molecular complexity index is 794. The highest BCUT2D eigenvalue weighted by atomic mass is 32.2. The van der Waals surface area contributed by atoms with E-state index in [1.807, 2.05) is 29.9 Å². The predicted octanol–water partition coefficient (Wildman–Crippen LogP) is 2.02. The average molecular weight is 334 g/mol. The molecule has 1 aromatic heterocycles. The predicted molar refractivity (Wildman–Crippen MR) is 89.8 cm³/mol. The summed E-state index contributed by atoms with van der Waals surface area (Å²) in [5.74, 6) is 0.00915. The van der Waals surface area contributed by atoms with E-state index in [0.717, 1.165) is 5.69 Å². The first kappa shape index (κ1) is 17.3. The maximum absolute atomic E-state index is 12.3. The van der Waals surface area contributed by atoms with E-state index in [4.69, 9.17) is 0 Å². The van der Waals surface area contributed by atoms with Gasteiger partial charge in [-0.2, -0.15) is 0 Å². The molecule has 0 unspecified atom stereocenters. The van der Waals surface area contributed by atoms with E-state index in [1.54, 1.807) is 43.1 Å². The molecule has 0 aliphatic heterocycles. The van der Waals surface area contributed by atoms with Gasteiger partial charge >= 0.3 is 0 Å². The van der Waals surface area contributed by atoms with Gasteiger partial charge in [0.15, 0.2) is 9.84 Å². The van der Waals surface area contributed by atoms with Crippen molar-refractivity contribution in [1.29, 1.82) is 0 Å². The zero-order valence-electron chi connectivity index (χ0n) is 13.7. The molecule has 0 bridgehead atoms. The van der Waals surface area contributed by atoms with E-state index in [0.29, 0.717) is 12.1 Å². The summed E-state index contributed by atoms with van der Waals surface area (Å²) < 4.78 is 25.8. The lowest BCUT2D eigenvalue weighted by Crippen LogP contribution is -2.28. The number of carbonyl (C=O) groups is 1. The van der Waals surface area contributed by atoms with E-state index in [2.05, 4.69) is 0 Å². The number of aromatic nitrogens is 1. The molecule has 0 N–H and O–H groups in total. The van der Waals surface area contributed by atoms with Gasteiger partial charge in [-0.3, -0.25) is 4.79 Å². The number of rotatable bonds is 6. The Kier molecular flexibility index (Phi) is 5.26. The minimum Gasteiger partial charge on any atom is -0.353 e. The van der Waals surface area contributed by atoms with Gasteiger partial charge in [-0.1, -0.05) is 19.1 Å². The third-order valence-electron chi connectivity index (χ3n) is 3.87. The van der Waals surface area contributed by atoms with E-state index in [-0.39, 0.29) is 23.0 Å². The summed E-state index contributed by atoms with van der Waals surface area (Å²) in [5, 5.41) is 0. The summed E-state index contributed by atoms with van der Waals surface area (Å²) >= 11 is 0. The van der Waals surface area contributed by atoms with Crippen LogP contribution in [0.1, 0.15) is 18.2 Å². The minimum absolute atomic E-state index is 0.0442. The van der Waals surface area contributed by atoms with Gasteiger partial charge in [-0.15, -0.1) is 0 Å². The molecule has 23 heavy (non-hydrogen) atoms. The monoisotopic (exact) mass is 334 g/mol. The Morgan fingerprint density at radius 1 is 1.22 bits per heavy atom. The molecule has 0 saturated carbocycles. The lowest BCUT2D eigenvalue weighted by atomic mass is 10.1. The highest BCUT2D eigenvalue weighted by Crippen LogP contribution is 2.14. The van der Waals surface area contributed by atoms with Gasteiger partial charge in [0.05, 0.1) is 23.6 Å². The van der Waals surface area contributed by atoms with Crippen molar-refractivity contribution >= 4 is 15.7 Å². The molecule has 0 saturated heterocycles. The lowest BCUT2D eigenvalue weighted by Gasteiger charge is -2.18. The maximum Gasteiger partial charge on any atom is 0.227 e. The Morgan fingerprint density at radius 3 is 2.57 bits per heavy atom. The van der Waals surface area contributed by atoms with Crippen molar-refractivity contribution in [2.24, 2.45) is 7.05 Å². The van der Waals surface area contributed by atoms with E-state index < -0.39 is 9.84 Å². The number of nitrogens with zero attached hydrogens (tertiary/aromatic N) is 2. The Hall–Kier alpha value is -2.08. The third kappa shape index (κ3) is 4.22. The molecule has 124 valence electrons. The van der Waals surface area contributed by atoms with Crippen molar-refractivity contribution in [2.75, 3.05) is 12.8 Å². The SMILES string of the molecule is CCS(=O)(=O)c1cccc(CC(=O)N(C)Cc2cccn2C)c1. The summed E-state index contributed by atoms with van der Waals surface area (Å²) in [4.78, 5) is 14.3. The number of hydrogen-bond acceptors (Lipinski definition) is 3. The smallest absolute Gasteiger partial charge is 0.227 e. The third-order valence-corrected chi connectivity index (χ3v) is 5.60. The molecule has 0 fully saturated rings. The van der Waals surface area contributed by atoms with Crippen LogP contribution in [0.3, 0.4) is 0 Å². The van der Waals surface area contributed by atoms with Gasteiger partial charge in [0.1, 0.15) is 0 Å². The number of carbonyl (C=O) groups excluding carboxylic acids is 1. The lowest BCUT2D eigenvalue weighted by molar-refractivity contribution is -0.129. The van der Waals surface area contributed by atoms with Crippen LogP contribution in [0.15, 0.2) is 47.5 Å². The summed E-state index contributed by atoms with van der Waals surface area (Å²) in [5.41, 5.74) is 1.76. The zero-order chi connectivity index (χ0) is 17.0. The fourth-order valence-corrected chi connectivity index (χ4v) is 3.27. The van der Waals surface area contributed by atoms with Crippen molar-refractivity contribution in [1.82, 2.24) is 9.47 Å². The highest BCUT2D eigenvalue weighted by Gasteiger charge is 2.15. The van der Waals surface area contributed by atoms with E-state index >= 15 is 0 Å². The molecule has 1 aromatic carbocycles. The zero-order valence-corrected chi connectivity index (χ0v) is 14.5. The van der Waals surface area contributed by atoms with Crippen molar-refractivity contribution < 1.29 is 13.2 Å². The van der Waals surface area contributed by atoms with Crippen LogP contribution in [0.2, 0.25) is 0 Å². The molecule has 5 nitrogen and oxygen atoms in total. The van der Waals surface area contributed by atoms with Crippen LogP contribution in [0.5, 0.6) is 0 Å². The molecule has 0 atom stereocenters. The quantitative estimate of drug-likeness (QED) is 0.812. The summed E-state index contributed by atoms with van der Waals surface area (Å²) in [6.07, 6.45) is 2.13. The normalized spacial score (nSPS) is 11.4. The summed E-state index contributed by atoms with van der Waals surface area (Å²) in [6.45, 7) is 2.13. The second-order valence-corrected chi connectivity index (χ2v) is 7.87. The molecule has 0 aliphatic carbocycles. The molecular formula is C17H22N2O3S. The first-order valence-corrected chi connectivity index (χ1v) is 9.14. The summed E-state index contributed by atoms with van der Waals surface area (Å²) in [6, 6.07) is 10.5. The second-order valence-electron chi connectivity index (χ2n) is 5.59. The first-order valence-electron chi connectivity index (χ1n) is 7.49. The van der Waals surface area contributed by atoms with Crippen LogP contribution in [-0.4, -0.2) is 36.6 Å². The molecule has 2 rings (SSSR count). The molecule has 0 radical (unpaired) electrons. The van der Waals surface area contributed by atoms with Crippen molar-refractivity contribution in [3.8, 4) is 0 Å². The topological polar surface area (TPSA) is 59.4 Å². The number of amides is 1. The Balaban J connectivity index is 2.08. The average Bonchev–Trinajstić information content (AvgIpc) is 2.92. The number of benzene rings is 1. The largest absolute Gasteiger partial charge is 0.353 e. The van der Waals surface area contributed by atoms with Crippen LogP contribution >= 0.6 is 0 Å². The first-order chi connectivity index (χ1) is 10.8. The maximum atomic E-state index is 12.3. The van der Waals surface area contributed by atoms with Gasteiger partial charge in [-0.25, -0.2) is 8.42 Å². The van der Waals surface area contributed by atoms with Crippen LogP contribution < -0.4 is 0 Å². The molecule has 2 aromatic rings. The van der Waals surface area contributed by atoms with Gasteiger partial charge < -0.3 is 9.47 Å². The van der Waals surface area contributed by atoms with Gasteiger partial charge in [0.25, 0.3) is 0 Å². The standard InChI is InChI=1S/C17H22N2O3S/c1-4-23(21,22)16-9-5-7-14(11-16)12-17(20)19(3)13-15-8-6-10-18(15)2/h5-11H,4,12-13H2,1-3H3. The Labute approximate surface area is 137 Å². The Morgan fingerprint density at radius 2 is 1.96 bits per heavy atom. The number of likely N-dealkylation sites (N-methyl/N-ethyl adjacent to an activating group) is 1. The van der Waals surface area contributed by atoms with Crippen molar-refractivity contribution in [3.63, 3.8) is 0 Å². The number of sulfone groups is 1. The van der Waals surface area contributed by atoms with Crippen LogP contribution in [0, 0.1) is 0 Å². The van der Waals surface area contributed by atoms with E-state index in [9.17, 15) is 13.2 Å². The fourth-order valence-electron chi connectivity index (χ4n) is 2.32. The number of hydrogen-bond donors (Lipinski definition) is 0. The minimum atomic E-state index is -3.25. The van der Waals surface area contributed by atoms with Crippen LogP contribution in [0.4, 0.5) is 0 Å². The molecule has 0 spiro atoms. The van der Waals surface area contributed by atoms with Crippen LogP contribution in [0.25, 0.3) is 0 Å². The van der Waals surface area contributed by atoms with Gasteiger partial charge in [0, 0.05) is 26.0 Å². The molecular weight excluding hydrogens is 312 g/mol. The van der Waals surface area contributed by atoms with Gasteiger partial charge in [0.2, 0.25) is 5.91 Å². The van der Waals surface area contributed by atoms with Crippen LogP contribution in [-0.2, 0) is 34.6 Å². The number of aryl methyl sites for hydroxylation is 1. The van der Waals surface area contributed by atoms with Gasteiger partial charge in [-0.05, 0) is 29.8 Å². The van der Waals surface area contributed by atoms with E-state index in [1.165, 1.54) is 0 Å². The molecule has 1 heterocycles. The van der Waals surface area contributed by atoms with Crippen molar-refractivity contribution in [2.45, 2.75) is 24.8 Å². The molecule has 6 heteroatoms. The fraction of sp³-hybridized carbons (Fsp3) is 0.353. The molecule has 1 amide bonds. The van der Waals surface area contributed by atoms with Crippen molar-refractivity contribution in [3.05, 3.63) is 53.9 Å². The second kappa shape index (κ2) is 7.00. The highest BCUT2D eigenvalue weighted by molar-refractivity contribution is 7.91. The molecule has 0 aliphatic rings.